The predicted molar refractivity (Wildman–Crippen MR) is 104 cm³/mol. The smallest absolute Gasteiger partial charge is 0.545 e. The minimum atomic E-state index is -1.09. The van der Waals surface area contributed by atoms with Crippen LogP contribution >= 0.6 is 0 Å². The minimum absolute atomic E-state index is 0. The van der Waals surface area contributed by atoms with Crippen LogP contribution in [0.2, 0.25) is 0 Å². The Morgan fingerprint density at radius 2 is 0.889 bits per heavy atom. The minimum Gasteiger partial charge on any atom is -0.545 e. The van der Waals surface area contributed by atoms with Gasteiger partial charge in [0.05, 0.1) is 11.9 Å². The number of aliphatic carboxylic acids is 2. The molecule has 157 valence electrons. The van der Waals surface area contributed by atoms with Gasteiger partial charge in [-0.25, -0.2) is 0 Å². The Morgan fingerprint density at radius 3 is 1.19 bits per heavy atom. The fraction of sp³-hybridized carbons (Fsp3) is 0.727. The molecule has 0 heterocycles. The molecule has 0 spiro atoms. The molecule has 1 radical (unpaired) electrons. The summed E-state index contributed by atoms with van der Waals surface area (Å²) in [5, 5.41) is 20.0. The van der Waals surface area contributed by atoms with Crippen LogP contribution in [-0.2, 0) is 26.7 Å². The number of carbonyl (C=O) groups excluding carboxylic acids is 2. The van der Waals surface area contributed by atoms with E-state index in [2.05, 4.69) is 13.8 Å². The van der Waals surface area contributed by atoms with Crippen molar-refractivity contribution in [1.82, 2.24) is 0 Å². The van der Waals surface area contributed by atoms with Crippen LogP contribution in [0, 0.1) is 0 Å². The quantitative estimate of drug-likeness (QED) is 0.214. The van der Waals surface area contributed by atoms with Crippen molar-refractivity contribution in [2.45, 2.75) is 104 Å². The molecular weight excluding hydrogens is 383 g/mol. The largest absolute Gasteiger partial charge is 2.00 e. The molecule has 4 nitrogen and oxygen atoms in total. The number of rotatable bonds is 16. The number of unbranched alkanes of at least 4 members (excludes halogenated alkanes) is 12. The average molecular weight is 421 g/mol. The third-order valence-corrected chi connectivity index (χ3v) is 3.96. The van der Waals surface area contributed by atoms with E-state index in [9.17, 15) is 19.8 Å². The van der Waals surface area contributed by atoms with Crippen molar-refractivity contribution in [3.63, 3.8) is 0 Å². The zero-order valence-corrected chi connectivity index (χ0v) is 18.4. The summed E-state index contributed by atoms with van der Waals surface area (Å²) in [6.07, 6.45) is 22.2. The van der Waals surface area contributed by atoms with Gasteiger partial charge < -0.3 is 19.8 Å². The molecule has 0 aliphatic carbocycles. The van der Waals surface area contributed by atoms with Crippen molar-refractivity contribution in [3.05, 3.63) is 24.3 Å². The molecule has 0 aromatic heterocycles. The molecule has 0 atom stereocenters. The Balaban J connectivity index is -0.000000411. The predicted octanol–water partition coefficient (Wildman–Crippen LogP) is 4.08. The summed E-state index contributed by atoms with van der Waals surface area (Å²) in [5.74, 6) is -2.18. The Kier molecular flexibility index (Phi) is 30.8. The van der Waals surface area contributed by atoms with Gasteiger partial charge in [-0.2, -0.15) is 0 Å². The first-order valence-corrected chi connectivity index (χ1v) is 10.3. The van der Waals surface area contributed by atoms with E-state index in [-0.39, 0.29) is 17.1 Å². The van der Waals surface area contributed by atoms with Crippen LogP contribution in [-0.4, -0.2) is 11.9 Å². The van der Waals surface area contributed by atoms with E-state index in [0.717, 1.165) is 37.8 Å². The summed E-state index contributed by atoms with van der Waals surface area (Å²) < 4.78 is 0. The molecule has 0 aromatic carbocycles. The van der Waals surface area contributed by atoms with Crippen LogP contribution in [0.1, 0.15) is 104 Å². The fourth-order valence-electron chi connectivity index (χ4n) is 2.44. The Bertz CT molecular complexity index is 343. The van der Waals surface area contributed by atoms with E-state index in [4.69, 9.17) is 0 Å². The van der Waals surface area contributed by atoms with Crippen LogP contribution in [0.15, 0.2) is 24.3 Å². The molecule has 0 fully saturated rings. The molecule has 27 heavy (non-hydrogen) atoms. The maximum Gasteiger partial charge on any atom is 2.00 e. The second-order valence-electron chi connectivity index (χ2n) is 6.56. The SMILES string of the molecule is CCCCCCCCC=CC(=O)[O-].CCCCCCCCC=CC(=O)[O-].[Mn+2]. The number of hydrogen-bond acceptors (Lipinski definition) is 4. The van der Waals surface area contributed by atoms with Gasteiger partial charge in [0.15, 0.2) is 0 Å². The summed E-state index contributed by atoms with van der Waals surface area (Å²) in [6.45, 7) is 4.39. The molecule has 0 unspecified atom stereocenters. The third kappa shape index (κ3) is 36.6. The Labute approximate surface area is 177 Å². The number of carbonyl (C=O) groups is 2. The van der Waals surface area contributed by atoms with E-state index in [1.54, 1.807) is 12.2 Å². The van der Waals surface area contributed by atoms with Crippen LogP contribution in [0.25, 0.3) is 0 Å². The van der Waals surface area contributed by atoms with Crippen molar-refractivity contribution in [1.29, 1.82) is 0 Å². The van der Waals surface area contributed by atoms with Crippen LogP contribution in [0.4, 0.5) is 0 Å². The average Bonchev–Trinajstić information content (AvgIpc) is 2.60. The molecule has 0 aliphatic rings. The van der Waals surface area contributed by atoms with Gasteiger partial charge in [-0.05, 0) is 37.8 Å². The maximum absolute atomic E-state index is 9.98. The van der Waals surface area contributed by atoms with Gasteiger partial charge in [0, 0.05) is 0 Å². The van der Waals surface area contributed by atoms with Gasteiger partial charge in [-0.1, -0.05) is 90.2 Å². The molecule has 0 rings (SSSR count). The third-order valence-electron chi connectivity index (χ3n) is 3.96. The summed E-state index contributed by atoms with van der Waals surface area (Å²) >= 11 is 0. The van der Waals surface area contributed by atoms with Crippen LogP contribution in [0.5, 0.6) is 0 Å². The number of carboxylic acid groups (broad SMARTS) is 2. The van der Waals surface area contributed by atoms with E-state index < -0.39 is 11.9 Å². The van der Waals surface area contributed by atoms with Gasteiger partial charge in [0.2, 0.25) is 0 Å². The van der Waals surface area contributed by atoms with Crippen molar-refractivity contribution >= 4 is 11.9 Å². The van der Waals surface area contributed by atoms with E-state index >= 15 is 0 Å². The molecule has 0 aliphatic heterocycles. The Hall–Kier alpha value is -1.06. The monoisotopic (exact) mass is 421 g/mol. The molecule has 0 saturated heterocycles. The second-order valence-corrected chi connectivity index (χ2v) is 6.56. The first-order chi connectivity index (χ1) is 12.5. The number of carboxylic acids is 2. The zero-order valence-electron chi connectivity index (χ0n) is 17.2. The standard InChI is InChI=1S/2C11H20O2.Mn/c2*1-2-3-4-5-6-7-8-9-10-11(12)13;/h2*9-10H,2-8H2,1H3,(H,12,13);/q;;+2/p-2. The van der Waals surface area contributed by atoms with Crippen molar-refractivity contribution in [3.8, 4) is 0 Å². The number of allylic oxidation sites excluding steroid dienone is 2. The van der Waals surface area contributed by atoms with E-state index in [0.29, 0.717) is 0 Å². The first-order valence-electron chi connectivity index (χ1n) is 10.3. The van der Waals surface area contributed by atoms with Gasteiger partial charge in [-0.3, -0.25) is 0 Å². The molecule has 0 N–H and O–H groups in total. The summed E-state index contributed by atoms with van der Waals surface area (Å²) in [4.78, 5) is 20.0. The van der Waals surface area contributed by atoms with Gasteiger partial charge in [-0.15, -0.1) is 0 Å². The molecular formula is C22H38MnO4. The fourth-order valence-corrected chi connectivity index (χ4v) is 2.44. The van der Waals surface area contributed by atoms with Gasteiger partial charge in [0.1, 0.15) is 0 Å². The van der Waals surface area contributed by atoms with Crippen molar-refractivity contribution in [2.75, 3.05) is 0 Å². The summed E-state index contributed by atoms with van der Waals surface area (Å²) in [5.41, 5.74) is 0. The number of hydrogen-bond donors (Lipinski definition) is 0. The zero-order chi connectivity index (χ0) is 19.9. The Morgan fingerprint density at radius 1 is 0.593 bits per heavy atom. The van der Waals surface area contributed by atoms with Gasteiger partial charge in [0.25, 0.3) is 0 Å². The second kappa shape index (κ2) is 27.2. The molecule has 0 saturated carbocycles. The summed E-state index contributed by atoms with van der Waals surface area (Å²) in [6, 6.07) is 0. The molecule has 5 heteroatoms. The summed E-state index contributed by atoms with van der Waals surface area (Å²) in [7, 11) is 0. The first kappa shape index (κ1) is 30.7. The maximum atomic E-state index is 9.98. The molecule has 0 aromatic rings. The van der Waals surface area contributed by atoms with Crippen LogP contribution in [0.3, 0.4) is 0 Å². The molecule has 0 bridgehead atoms. The van der Waals surface area contributed by atoms with Crippen molar-refractivity contribution in [2.24, 2.45) is 0 Å². The van der Waals surface area contributed by atoms with E-state index in [1.165, 1.54) is 64.2 Å². The van der Waals surface area contributed by atoms with E-state index in [1.807, 2.05) is 0 Å². The topological polar surface area (TPSA) is 80.3 Å². The normalized spacial score (nSPS) is 10.4. The van der Waals surface area contributed by atoms with Gasteiger partial charge >= 0.3 is 17.1 Å². The van der Waals surface area contributed by atoms with Crippen molar-refractivity contribution < 1.29 is 36.9 Å². The van der Waals surface area contributed by atoms with Crippen LogP contribution < -0.4 is 10.2 Å². The molecule has 0 amide bonds.